The highest BCUT2D eigenvalue weighted by molar-refractivity contribution is 9.10. The Bertz CT molecular complexity index is 725. The Morgan fingerprint density at radius 3 is 2.83 bits per heavy atom. The SMILES string of the molecule is COc1cccc(-c2sc(C(=O)N3CCOCC3)c(O)c2Br)c1. The minimum atomic E-state index is -0.161. The predicted octanol–water partition coefficient (Wildman–Crippen LogP) is 3.36. The van der Waals surface area contributed by atoms with Crippen LogP contribution in [0.1, 0.15) is 9.67 Å². The average Bonchev–Trinajstić information content (AvgIpc) is 2.90. The van der Waals surface area contributed by atoms with Crippen LogP contribution in [0, 0.1) is 0 Å². The topological polar surface area (TPSA) is 59.0 Å². The lowest BCUT2D eigenvalue weighted by Crippen LogP contribution is -2.40. The maximum absolute atomic E-state index is 12.6. The fraction of sp³-hybridized carbons (Fsp3) is 0.312. The molecule has 2 aromatic rings. The molecule has 1 fully saturated rings. The summed E-state index contributed by atoms with van der Waals surface area (Å²) in [6, 6.07) is 7.52. The van der Waals surface area contributed by atoms with E-state index in [1.165, 1.54) is 11.3 Å². The normalized spacial score (nSPS) is 14.8. The Labute approximate surface area is 146 Å². The number of amides is 1. The van der Waals surface area contributed by atoms with Crippen molar-refractivity contribution in [2.24, 2.45) is 0 Å². The molecular formula is C16H16BrNO4S. The van der Waals surface area contributed by atoms with Gasteiger partial charge in [0.2, 0.25) is 0 Å². The molecule has 122 valence electrons. The van der Waals surface area contributed by atoms with Gasteiger partial charge in [0.25, 0.3) is 5.91 Å². The smallest absolute Gasteiger partial charge is 0.267 e. The minimum Gasteiger partial charge on any atom is -0.505 e. The van der Waals surface area contributed by atoms with Gasteiger partial charge in [-0.1, -0.05) is 12.1 Å². The van der Waals surface area contributed by atoms with Crippen molar-refractivity contribution in [3.8, 4) is 21.9 Å². The van der Waals surface area contributed by atoms with E-state index in [2.05, 4.69) is 15.9 Å². The third kappa shape index (κ3) is 3.22. The molecule has 1 saturated heterocycles. The van der Waals surface area contributed by atoms with Gasteiger partial charge in [-0.15, -0.1) is 11.3 Å². The van der Waals surface area contributed by atoms with Crippen molar-refractivity contribution < 1.29 is 19.4 Å². The number of hydrogen-bond donors (Lipinski definition) is 1. The van der Waals surface area contributed by atoms with Crippen molar-refractivity contribution in [1.29, 1.82) is 0 Å². The predicted molar refractivity (Wildman–Crippen MR) is 92.4 cm³/mol. The second-order valence-electron chi connectivity index (χ2n) is 5.06. The van der Waals surface area contributed by atoms with E-state index in [-0.39, 0.29) is 11.7 Å². The zero-order valence-electron chi connectivity index (χ0n) is 12.5. The van der Waals surface area contributed by atoms with Gasteiger partial charge in [0.15, 0.2) is 5.75 Å². The number of thiophene rings is 1. The van der Waals surface area contributed by atoms with Crippen LogP contribution >= 0.6 is 27.3 Å². The number of halogens is 1. The van der Waals surface area contributed by atoms with Crippen LogP contribution in [0.4, 0.5) is 0 Å². The van der Waals surface area contributed by atoms with Crippen molar-refractivity contribution in [1.82, 2.24) is 4.90 Å². The van der Waals surface area contributed by atoms with E-state index in [1.807, 2.05) is 24.3 Å². The molecular weight excluding hydrogens is 382 g/mol. The van der Waals surface area contributed by atoms with E-state index in [9.17, 15) is 9.90 Å². The zero-order chi connectivity index (χ0) is 16.4. The van der Waals surface area contributed by atoms with Gasteiger partial charge in [0.1, 0.15) is 10.6 Å². The summed E-state index contributed by atoms with van der Waals surface area (Å²) < 4.78 is 11.0. The Morgan fingerprint density at radius 2 is 2.13 bits per heavy atom. The number of methoxy groups -OCH3 is 1. The summed E-state index contributed by atoms with van der Waals surface area (Å²) in [4.78, 5) is 15.5. The van der Waals surface area contributed by atoms with Gasteiger partial charge in [-0.3, -0.25) is 4.79 Å². The summed E-state index contributed by atoms with van der Waals surface area (Å²) in [5, 5.41) is 10.4. The van der Waals surface area contributed by atoms with Crippen molar-refractivity contribution in [3.63, 3.8) is 0 Å². The summed E-state index contributed by atoms with van der Waals surface area (Å²) in [7, 11) is 1.60. The summed E-state index contributed by atoms with van der Waals surface area (Å²) in [6.45, 7) is 2.15. The van der Waals surface area contributed by atoms with Crippen LogP contribution < -0.4 is 4.74 Å². The number of carbonyl (C=O) groups is 1. The lowest BCUT2D eigenvalue weighted by Gasteiger charge is -2.26. The van der Waals surface area contributed by atoms with Gasteiger partial charge in [-0.2, -0.15) is 0 Å². The number of nitrogens with zero attached hydrogens (tertiary/aromatic N) is 1. The lowest BCUT2D eigenvalue weighted by atomic mass is 10.2. The van der Waals surface area contributed by atoms with Crippen molar-refractivity contribution >= 4 is 33.2 Å². The fourth-order valence-corrected chi connectivity index (χ4v) is 4.26. The number of aromatic hydroxyl groups is 1. The molecule has 2 heterocycles. The number of ether oxygens (including phenoxy) is 2. The molecule has 0 spiro atoms. The molecule has 1 amide bonds. The molecule has 0 bridgehead atoms. The van der Waals surface area contributed by atoms with Gasteiger partial charge in [0.05, 0.1) is 29.7 Å². The number of carbonyl (C=O) groups excluding carboxylic acids is 1. The van der Waals surface area contributed by atoms with Crippen LogP contribution in [0.5, 0.6) is 11.5 Å². The highest BCUT2D eigenvalue weighted by atomic mass is 79.9. The standard InChI is InChI=1S/C16H16BrNO4S/c1-21-11-4-2-3-10(9-11)14-12(17)13(19)15(23-14)16(20)18-5-7-22-8-6-18/h2-4,9,19H,5-8H2,1H3. The van der Waals surface area contributed by atoms with Gasteiger partial charge in [0, 0.05) is 13.1 Å². The third-order valence-electron chi connectivity index (χ3n) is 3.65. The fourth-order valence-electron chi connectivity index (χ4n) is 2.41. The number of morpholine rings is 1. The molecule has 1 aromatic heterocycles. The van der Waals surface area contributed by atoms with Crippen LogP contribution in [-0.2, 0) is 4.74 Å². The molecule has 3 rings (SSSR count). The largest absolute Gasteiger partial charge is 0.505 e. The maximum Gasteiger partial charge on any atom is 0.267 e. The molecule has 0 radical (unpaired) electrons. The first-order valence-electron chi connectivity index (χ1n) is 7.14. The summed E-state index contributed by atoms with van der Waals surface area (Å²) in [5.41, 5.74) is 0.887. The molecule has 23 heavy (non-hydrogen) atoms. The van der Waals surface area contributed by atoms with Crippen molar-refractivity contribution in [3.05, 3.63) is 33.6 Å². The average molecular weight is 398 g/mol. The Hall–Kier alpha value is -1.57. The van der Waals surface area contributed by atoms with E-state index in [0.29, 0.717) is 35.7 Å². The third-order valence-corrected chi connectivity index (χ3v) is 5.90. The minimum absolute atomic E-state index is 0.00990. The first kappa shape index (κ1) is 16.3. The molecule has 0 aliphatic carbocycles. The Morgan fingerprint density at radius 1 is 1.39 bits per heavy atom. The maximum atomic E-state index is 12.6. The first-order valence-corrected chi connectivity index (χ1v) is 8.75. The van der Waals surface area contributed by atoms with Crippen LogP contribution in [0.2, 0.25) is 0 Å². The van der Waals surface area contributed by atoms with Crippen LogP contribution in [0.3, 0.4) is 0 Å². The summed E-state index contributed by atoms with van der Waals surface area (Å²) in [5.74, 6) is 0.554. The van der Waals surface area contributed by atoms with Gasteiger partial charge < -0.3 is 19.5 Å². The number of hydrogen-bond acceptors (Lipinski definition) is 5. The van der Waals surface area contributed by atoms with E-state index >= 15 is 0 Å². The highest BCUT2D eigenvalue weighted by Gasteiger charge is 2.27. The van der Waals surface area contributed by atoms with Crippen molar-refractivity contribution in [2.45, 2.75) is 0 Å². The Balaban J connectivity index is 1.96. The zero-order valence-corrected chi connectivity index (χ0v) is 14.9. The second-order valence-corrected chi connectivity index (χ2v) is 6.87. The van der Waals surface area contributed by atoms with E-state index < -0.39 is 0 Å². The highest BCUT2D eigenvalue weighted by Crippen LogP contribution is 2.45. The summed E-state index contributed by atoms with van der Waals surface area (Å²) in [6.07, 6.45) is 0. The van der Waals surface area contributed by atoms with E-state index in [4.69, 9.17) is 9.47 Å². The van der Waals surface area contributed by atoms with Crippen LogP contribution in [-0.4, -0.2) is 49.3 Å². The number of benzene rings is 1. The second kappa shape index (κ2) is 6.90. The first-order chi connectivity index (χ1) is 11.1. The lowest BCUT2D eigenvalue weighted by molar-refractivity contribution is 0.0304. The molecule has 5 nitrogen and oxygen atoms in total. The molecule has 1 aliphatic rings. The van der Waals surface area contributed by atoms with Crippen molar-refractivity contribution in [2.75, 3.05) is 33.4 Å². The Kier molecular flexibility index (Phi) is 4.89. The monoisotopic (exact) mass is 397 g/mol. The molecule has 0 unspecified atom stereocenters. The van der Waals surface area contributed by atoms with E-state index in [0.717, 1.165) is 16.2 Å². The quantitative estimate of drug-likeness (QED) is 0.862. The van der Waals surface area contributed by atoms with Gasteiger partial charge in [-0.25, -0.2) is 0 Å². The number of rotatable bonds is 3. The molecule has 1 aromatic carbocycles. The molecule has 0 atom stereocenters. The van der Waals surface area contributed by atoms with Crippen LogP contribution in [0.15, 0.2) is 28.7 Å². The molecule has 1 N–H and O–H groups in total. The van der Waals surface area contributed by atoms with E-state index in [1.54, 1.807) is 12.0 Å². The van der Waals surface area contributed by atoms with Gasteiger partial charge in [-0.05, 0) is 33.6 Å². The summed E-state index contributed by atoms with van der Waals surface area (Å²) >= 11 is 4.68. The van der Waals surface area contributed by atoms with Gasteiger partial charge >= 0.3 is 0 Å². The molecule has 7 heteroatoms. The van der Waals surface area contributed by atoms with Crippen LogP contribution in [0.25, 0.3) is 10.4 Å². The molecule has 1 aliphatic heterocycles. The molecule has 0 saturated carbocycles.